The first-order chi connectivity index (χ1) is 15.8. The summed E-state index contributed by atoms with van der Waals surface area (Å²) < 4.78 is 42.5. The first kappa shape index (κ1) is 28.9. The monoisotopic (exact) mass is 531 g/mol. The van der Waals surface area contributed by atoms with E-state index in [4.69, 9.17) is 4.74 Å². The van der Waals surface area contributed by atoms with Crippen molar-refractivity contribution in [3.63, 3.8) is 0 Å². The van der Waals surface area contributed by atoms with Crippen molar-refractivity contribution in [2.75, 3.05) is 32.8 Å². The van der Waals surface area contributed by atoms with Gasteiger partial charge >= 0.3 is 6.18 Å². The number of hydrogen-bond acceptors (Lipinski definition) is 4. The summed E-state index contributed by atoms with van der Waals surface area (Å²) in [6.45, 7) is 10.3. The second-order valence-corrected chi connectivity index (χ2v) is 8.00. The van der Waals surface area contributed by atoms with E-state index in [0.29, 0.717) is 12.2 Å². The summed E-state index contributed by atoms with van der Waals surface area (Å²) in [5, 5.41) is 2.66. The Hall–Kier alpha value is -2.13. The van der Waals surface area contributed by atoms with Crippen LogP contribution in [0.15, 0.2) is 40.9 Å². The van der Waals surface area contributed by atoms with Crippen LogP contribution in [0.5, 0.6) is 5.75 Å². The van der Waals surface area contributed by atoms with Gasteiger partial charge in [0.1, 0.15) is 18.1 Å². The highest BCUT2D eigenvalue weighted by Gasteiger charge is 2.32. The number of likely N-dealkylation sites (tertiary alicyclic amines) is 1. The molecular weight excluding hydrogens is 499 g/mol. The van der Waals surface area contributed by atoms with Crippen LogP contribution in [0, 0.1) is 6.92 Å². The largest absolute Gasteiger partial charge is 0.491 e. The molecule has 5 nitrogen and oxygen atoms in total. The molecule has 1 amide bonds. The van der Waals surface area contributed by atoms with Gasteiger partial charge in [-0.1, -0.05) is 26.0 Å². The van der Waals surface area contributed by atoms with E-state index in [0.717, 1.165) is 42.3 Å². The van der Waals surface area contributed by atoms with Crippen LogP contribution < -0.4 is 10.1 Å². The zero-order valence-electron chi connectivity index (χ0n) is 19.4. The van der Waals surface area contributed by atoms with Crippen LogP contribution in [0.25, 0.3) is 0 Å². The van der Waals surface area contributed by atoms with Crippen molar-refractivity contribution in [3.8, 4) is 5.75 Å². The van der Waals surface area contributed by atoms with Gasteiger partial charge < -0.3 is 10.1 Å². The Morgan fingerprint density at radius 1 is 1.18 bits per heavy atom. The van der Waals surface area contributed by atoms with E-state index in [9.17, 15) is 18.0 Å². The minimum atomic E-state index is -4.33. The molecule has 2 heterocycles. The lowest BCUT2D eigenvalue weighted by molar-refractivity contribution is -0.141. The van der Waals surface area contributed by atoms with Crippen LogP contribution in [-0.4, -0.2) is 49.1 Å². The molecule has 0 unspecified atom stereocenters. The number of nitrogens with zero attached hydrogens (tertiary/aromatic N) is 2. The van der Waals surface area contributed by atoms with Gasteiger partial charge in [0.15, 0.2) is 0 Å². The SMILES string of the molecule is CC.Cc1cccc(C(F)(F)F)n1.O=CNCCc1ccc(OCCN2CCCC2)c(Br)c1. The Labute approximate surface area is 202 Å². The Bertz CT molecular complexity index is 829. The maximum atomic E-state index is 11.9. The average Bonchev–Trinajstić information content (AvgIpc) is 3.30. The van der Waals surface area contributed by atoms with Crippen LogP contribution in [0.1, 0.15) is 43.6 Å². The lowest BCUT2D eigenvalue weighted by Gasteiger charge is -2.15. The molecule has 1 aromatic carbocycles. The fraction of sp³-hybridized carbons (Fsp3) is 0.500. The summed E-state index contributed by atoms with van der Waals surface area (Å²) in [6, 6.07) is 9.90. The number of amides is 1. The Balaban J connectivity index is 0.000000354. The zero-order valence-corrected chi connectivity index (χ0v) is 21.0. The molecule has 1 aromatic heterocycles. The molecule has 0 radical (unpaired) electrons. The van der Waals surface area contributed by atoms with Crippen molar-refractivity contribution in [2.24, 2.45) is 0 Å². The molecule has 1 aliphatic rings. The second kappa shape index (κ2) is 15.7. The highest BCUT2D eigenvalue weighted by Crippen LogP contribution is 2.27. The maximum Gasteiger partial charge on any atom is 0.433 e. The van der Waals surface area contributed by atoms with Gasteiger partial charge in [0.05, 0.1) is 4.47 Å². The van der Waals surface area contributed by atoms with Gasteiger partial charge in [0.2, 0.25) is 6.41 Å². The Morgan fingerprint density at radius 2 is 1.88 bits per heavy atom. The van der Waals surface area contributed by atoms with Crippen LogP contribution in [0.4, 0.5) is 13.2 Å². The number of ether oxygens (including phenoxy) is 1. The predicted molar refractivity (Wildman–Crippen MR) is 128 cm³/mol. The van der Waals surface area contributed by atoms with Crippen LogP contribution >= 0.6 is 15.9 Å². The molecule has 1 aliphatic heterocycles. The predicted octanol–water partition coefficient (Wildman–Crippen LogP) is 5.65. The van der Waals surface area contributed by atoms with Crippen molar-refractivity contribution < 1.29 is 22.7 Å². The zero-order chi connectivity index (χ0) is 24.7. The summed E-state index contributed by atoms with van der Waals surface area (Å²) in [4.78, 5) is 16.0. The van der Waals surface area contributed by atoms with E-state index in [1.807, 2.05) is 26.0 Å². The molecule has 0 saturated carbocycles. The number of rotatable bonds is 8. The Morgan fingerprint density at radius 3 is 2.42 bits per heavy atom. The molecule has 3 rings (SSSR count). The molecule has 184 valence electrons. The highest BCUT2D eigenvalue weighted by molar-refractivity contribution is 9.10. The van der Waals surface area contributed by atoms with E-state index in [2.05, 4.69) is 37.2 Å². The maximum absolute atomic E-state index is 11.9. The molecular formula is C24H33BrF3N3O2. The molecule has 0 bridgehead atoms. The summed E-state index contributed by atoms with van der Waals surface area (Å²) in [6.07, 6.45) is -0.150. The molecule has 0 aliphatic carbocycles. The summed E-state index contributed by atoms with van der Waals surface area (Å²) in [7, 11) is 0. The topological polar surface area (TPSA) is 54.5 Å². The molecule has 2 aromatic rings. The lowest BCUT2D eigenvalue weighted by atomic mass is 10.1. The van der Waals surface area contributed by atoms with E-state index in [1.54, 1.807) is 0 Å². The van der Waals surface area contributed by atoms with Crippen molar-refractivity contribution in [1.82, 2.24) is 15.2 Å². The molecule has 33 heavy (non-hydrogen) atoms. The van der Waals surface area contributed by atoms with Crippen LogP contribution in [0.3, 0.4) is 0 Å². The van der Waals surface area contributed by atoms with Crippen LogP contribution in [0.2, 0.25) is 0 Å². The average molecular weight is 532 g/mol. The minimum absolute atomic E-state index is 0.375. The number of halogens is 4. The third-order valence-electron chi connectivity index (χ3n) is 4.68. The summed E-state index contributed by atoms with van der Waals surface area (Å²) in [5.74, 6) is 0.885. The molecule has 1 fully saturated rings. The van der Waals surface area contributed by atoms with Crippen molar-refractivity contribution in [1.29, 1.82) is 0 Å². The number of benzene rings is 1. The van der Waals surface area contributed by atoms with Gasteiger partial charge in [-0.2, -0.15) is 13.2 Å². The van der Waals surface area contributed by atoms with E-state index >= 15 is 0 Å². The number of nitrogens with one attached hydrogen (secondary N) is 1. The number of carbonyl (C=O) groups excluding carboxylic acids is 1. The van der Waals surface area contributed by atoms with Gasteiger partial charge in [-0.15, -0.1) is 0 Å². The minimum Gasteiger partial charge on any atom is -0.491 e. The second-order valence-electron chi connectivity index (χ2n) is 7.15. The van der Waals surface area contributed by atoms with E-state index in [1.165, 1.54) is 50.6 Å². The van der Waals surface area contributed by atoms with Crippen molar-refractivity contribution in [3.05, 3.63) is 57.8 Å². The standard InChI is InChI=1S/C15H21BrN2O2.C7H6F3N.C2H6/c16-14-11-13(5-6-17-12-19)3-4-15(14)20-10-9-18-7-1-2-8-18;1-5-3-2-4-6(11-5)7(8,9)10;1-2/h3-4,11-12H,1-2,5-10H2,(H,17,19);2-4H,1H3;1-2H3. The summed E-state index contributed by atoms with van der Waals surface area (Å²) >= 11 is 3.54. The van der Waals surface area contributed by atoms with Crippen molar-refractivity contribution in [2.45, 2.75) is 46.2 Å². The fourth-order valence-electron chi connectivity index (χ4n) is 3.08. The number of aryl methyl sites for hydroxylation is 1. The quantitative estimate of drug-likeness (QED) is 0.353. The molecule has 0 atom stereocenters. The molecule has 1 N–H and O–H groups in total. The Kier molecular flexibility index (Phi) is 13.7. The molecule has 0 spiro atoms. The number of hydrogen-bond donors (Lipinski definition) is 1. The number of aromatic nitrogens is 1. The van der Waals surface area contributed by atoms with E-state index < -0.39 is 11.9 Å². The first-order valence-corrected chi connectivity index (χ1v) is 11.9. The number of alkyl halides is 3. The van der Waals surface area contributed by atoms with Gasteiger partial charge in [-0.3, -0.25) is 9.69 Å². The molecule has 9 heteroatoms. The van der Waals surface area contributed by atoms with Crippen molar-refractivity contribution >= 4 is 22.3 Å². The lowest BCUT2D eigenvalue weighted by Crippen LogP contribution is -2.25. The van der Waals surface area contributed by atoms with E-state index in [-0.39, 0.29) is 0 Å². The van der Waals surface area contributed by atoms with Crippen LogP contribution in [-0.2, 0) is 17.4 Å². The van der Waals surface area contributed by atoms with Gasteiger partial charge in [0, 0.05) is 18.8 Å². The first-order valence-electron chi connectivity index (χ1n) is 11.1. The third kappa shape index (κ3) is 11.5. The third-order valence-corrected chi connectivity index (χ3v) is 5.30. The van der Waals surface area contributed by atoms with Gasteiger partial charge in [-0.25, -0.2) is 4.98 Å². The smallest absolute Gasteiger partial charge is 0.433 e. The normalized spacial score (nSPS) is 13.3. The summed E-state index contributed by atoms with van der Waals surface area (Å²) in [5.41, 5.74) is 0.718. The van der Waals surface area contributed by atoms with Gasteiger partial charge in [-0.05, 0) is 85.0 Å². The number of pyridine rings is 1. The van der Waals surface area contributed by atoms with Gasteiger partial charge in [0.25, 0.3) is 0 Å². The number of carbonyl (C=O) groups is 1. The molecule has 1 saturated heterocycles. The fourth-order valence-corrected chi connectivity index (χ4v) is 3.62. The highest BCUT2D eigenvalue weighted by atomic mass is 79.9.